The predicted octanol–water partition coefficient (Wildman–Crippen LogP) is 5.89. The van der Waals surface area contributed by atoms with Gasteiger partial charge >= 0.3 is 0 Å². The Morgan fingerprint density at radius 3 is 2.03 bits per heavy atom. The van der Waals surface area contributed by atoms with Gasteiger partial charge in [-0.1, -0.05) is 78.9 Å². The third kappa shape index (κ3) is 6.19. The monoisotopic (exact) mass is 519 g/mol. The molecule has 1 fully saturated rings. The molecule has 198 valence electrons. The first-order chi connectivity index (χ1) is 19.1. The van der Waals surface area contributed by atoms with Crippen molar-refractivity contribution in [2.24, 2.45) is 0 Å². The summed E-state index contributed by atoms with van der Waals surface area (Å²) >= 11 is 0. The Balaban J connectivity index is 1.29. The van der Waals surface area contributed by atoms with Crippen LogP contribution in [0.15, 0.2) is 109 Å². The lowest BCUT2D eigenvalue weighted by Gasteiger charge is -2.40. The average molecular weight is 520 g/mol. The van der Waals surface area contributed by atoms with Crippen molar-refractivity contribution in [1.82, 2.24) is 9.80 Å². The highest BCUT2D eigenvalue weighted by molar-refractivity contribution is 6.09. The number of para-hydroxylation sites is 1. The minimum Gasteiger partial charge on any atom is -0.494 e. The lowest BCUT2D eigenvalue weighted by Crippen LogP contribution is -2.50. The fraction of sp³-hybridized carbons (Fsp3) is 0.212. The second kappa shape index (κ2) is 12.4. The molecule has 2 amide bonds. The minimum absolute atomic E-state index is 0.0791. The van der Waals surface area contributed by atoms with Crippen LogP contribution in [0.25, 0.3) is 0 Å². The Morgan fingerprint density at radius 1 is 0.769 bits per heavy atom. The highest BCUT2D eigenvalue weighted by Crippen LogP contribution is 2.30. The smallest absolute Gasteiger partial charge is 0.256 e. The van der Waals surface area contributed by atoms with Crippen molar-refractivity contribution in [3.8, 4) is 5.75 Å². The van der Waals surface area contributed by atoms with E-state index in [0.29, 0.717) is 42.3 Å². The van der Waals surface area contributed by atoms with Crippen molar-refractivity contribution in [2.45, 2.75) is 13.0 Å². The zero-order valence-corrected chi connectivity index (χ0v) is 22.1. The molecule has 4 aromatic rings. The second-order valence-corrected chi connectivity index (χ2v) is 9.51. The van der Waals surface area contributed by atoms with Crippen LogP contribution in [0.3, 0.4) is 0 Å². The summed E-state index contributed by atoms with van der Waals surface area (Å²) in [6, 6.07) is 35.4. The Kier molecular flexibility index (Phi) is 8.34. The second-order valence-electron chi connectivity index (χ2n) is 9.51. The van der Waals surface area contributed by atoms with E-state index in [0.717, 1.165) is 13.1 Å². The molecule has 4 aromatic carbocycles. The molecule has 0 saturated carbocycles. The Labute approximate surface area is 229 Å². The van der Waals surface area contributed by atoms with Crippen molar-refractivity contribution in [3.63, 3.8) is 0 Å². The molecular formula is C33H33N3O3. The number of nitrogens with zero attached hydrogens (tertiary/aromatic N) is 2. The van der Waals surface area contributed by atoms with Gasteiger partial charge in [-0.25, -0.2) is 0 Å². The molecule has 1 N–H and O–H groups in total. The molecule has 0 unspecified atom stereocenters. The Morgan fingerprint density at radius 2 is 1.38 bits per heavy atom. The quantitative estimate of drug-likeness (QED) is 0.316. The van der Waals surface area contributed by atoms with Crippen LogP contribution in [0.5, 0.6) is 5.75 Å². The van der Waals surface area contributed by atoms with Crippen LogP contribution >= 0.6 is 0 Å². The number of piperazine rings is 1. The van der Waals surface area contributed by atoms with E-state index in [1.807, 2.05) is 42.2 Å². The van der Waals surface area contributed by atoms with Crippen molar-refractivity contribution >= 4 is 17.5 Å². The lowest BCUT2D eigenvalue weighted by molar-refractivity contribution is 0.0598. The van der Waals surface area contributed by atoms with Crippen molar-refractivity contribution in [3.05, 3.63) is 131 Å². The van der Waals surface area contributed by atoms with Gasteiger partial charge in [0.25, 0.3) is 11.8 Å². The van der Waals surface area contributed by atoms with Gasteiger partial charge in [-0.15, -0.1) is 0 Å². The molecule has 6 heteroatoms. The maximum Gasteiger partial charge on any atom is 0.256 e. The summed E-state index contributed by atoms with van der Waals surface area (Å²) in [4.78, 5) is 31.0. The molecule has 39 heavy (non-hydrogen) atoms. The fourth-order valence-corrected chi connectivity index (χ4v) is 5.11. The number of hydrogen-bond acceptors (Lipinski definition) is 4. The van der Waals surface area contributed by atoms with Gasteiger partial charge in [0.1, 0.15) is 5.75 Å². The van der Waals surface area contributed by atoms with Gasteiger partial charge in [0.05, 0.1) is 23.9 Å². The van der Waals surface area contributed by atoms with Crippen LogP contribution in [0.4, 0.5) is 5.69 Å². The summed E-state index contributed by atoms with van der Waals surface area (Å²) in [5.74, 6) is 0.275. The van der Waals surface area contributed by atoms with E-state index in [4.69, 9.17) is 4.74 Å². The highest BCUT2D eigenvalue weighted by Gasteiger charge is 2.29. The van der Waals surface area contributed by atoms with Crippen LogP contribution in [0.2, 0.25) is 0 Å². The third-order valence-electron chi connectivity index (χ3n) is 7.01. The molecule has 1 aliphatic rings. The van der Waals surface area contributed by atoms with E-state index in [9.17, 15) is 9.59 Å². The summed E-state index contributed by atoms with van der Waals surface area (Å²) in [6.07, 6.45) is 0. The number of benzene rings is 4. The van der Waals surface area contributed by atoms with Gasteiger partial charge in [0, 0.05) is 31.7 Å². The van der Waals surface area contributed by atoms with Gasteiger partial charge in [-0.2, -0.15) is 0 Å². The first-order valence-corrected chi connectivity index (χ1v) is 13.4. The van der Waals surface area contributed by atoms with Crippen molar-refractivity contribution < 1.29 is 14.3 Å². The molecule has 0 spiro atoms. The van der Waals surface area contributed by atoms with E-state index >= 15 is 0 Å². The molecule has 6 nitrogen and oxygen atoms in total. The molecule has 0 atom stereocenters. The van der Waals surface area contributed by atoms with E-state index in [1.54, 1.807) is 30.3 Å². The molecule has 0 bridgehead atoms. The van der Waals surface area contributed by atoms with Crippen molar-refractivity contribution in [1.29, 1.82) is 0 Å². The predicted molar refractivity (Wildman–Crippen MR) is 154 cm³/mol. The third-order valence-corrected chi connectivity index (χ3v) is 7.01. The van der Waals surface area contributed by atoms with Crippen LogP contribution in [-0.2, 0) is 0 Å². The molecule has 5 rings (SSSR count). The van der Waals surface area contributed by atoms with Gasteiger partial charge in [-0.3, -0.25) is 14.5 Å². The van der Waals surface area contributed by atoms with E-state index in [1.165, 1.54) is 11.1 Å². The zero-order valence-electron chi connectivity index (χ0n) is 22.1. The largest absolute Gasteiger partial charge is 0.494 e. The molecule has 0 aliphatic carbocycles. The minimum atomic E-state index is -0.282. The summed E-state index contributed by atoms with van der Waals surface area (Å²) in [7, 11) is 0. The number of amides is 2. The summed E-state index contributed by atoms with van der Waals surface area (Å²) < 4.78 is 5.53. The van der Waals surface area contributed by atoms with Gasteiger partial charge in [0.2, 0.25) is 0 Å². The highest BCUT2D eigenvalue weighted by atomic mass is 16.5. The van der Waals surface area contributed by atoms with E-state index < -0.39 is 0 Å². The number of nitrogens with one attached hydrogen (secondary N) is 1. The number of rotatable bonds is 8. The van der Waals surface area contributed by atoms with Gasteiger partial charge < -0.3 is 15.0 Å². The molecule has 0 aromatic heterocycles. The Hall–Kier alpha value is -4.42. The standard InChI is InChI=1S/C33H33N3O3/c1-2-39-28-17-11-16-27(24-28)32(37)34-30-19-10-9-18-29(30)33(38)36-22-20-35(21-23-36)31(25-12-5-3-6-13-25)26-14-7-4-8-15-26/h3-19,24,31H,2,20-23H2,1H3,(H,34,37). The van der Waals surface area contributed by atoms with Crippen LogP contribution in [0.1, 0.15) is 44.8 Å². The van der Waals surface area contributed by atoms with Crippen LogP contribution < -0.4 is 10.1 Å². The van der Waals surface area contributed by atoms with Crippen LogP contribution in [-0.4, -0.2) is 54.4 Å². The zero-order chi connectivity index (χ0) is 27.0. The number of anilines is 1. The van der Waals surface area contributed by atoms with E-state index in [2.05, 4.69) is 58.7 Å². The first-order valence-electron chi connectivity index (χ1n) is 13.4. The normalized spacial score (nSPS) is 13.7. The number of carbonyl (C=O) groups excluding carboxylic acids is 2. The van der Waals surface area contributed by atoms with Gasteiger partial charge in [-0.05, 0) is 48.4 Å². The van der Waals surface area contributed by atoms with Gasteiger partial charge in [0.15, 0.2) is 0 Å². The Bertz CT molecular complexity index is 1360. The number of carbonyl (C=O) groups is 2. The summed E-state index contributed by atoms with van der Waals surface area (Å²) in [5.41, 5.74) is 3.95. The maximum atomic E-state index is 13.6. The average Bonchev–Trinajstić information content (AvgIpc) is 2.99. The fourth-order valence-electron chi connectivity index (χ4n) is 5.11. The molecule has 1 aliphatic heterocycles. The molecule has 1 saturated heterocycles. The molecular weight excluding hydrogens is 486 g/mol. The van der Waals surface area contributed by atoms with Crippen molar-refractivity contribution in [2.75, 3.05) is 38.1 Å². The molecule has 0 radical (unpaired) electrons. The van der Waals surface area contributed by atoms with Crippen LogP contribution in [0, 0.1) is 0 Å². The first kappa shape index (κ1) is 26.2. The van der Waals surface area contributed by atoms with E-state index in [-0.39, 0.29) is 17.9 Å². The summed E-state index contributed by atoms with van der Waals surface area (Å²) in [5, 5.41) is 2.93. The number of ether oxygens (including phenoxy) is 1. The lowest BCUT2D eigenvalue weighted by atomic mass is 9.96. The summed E-state index contributed by atoms with van der Waals surface area (Å²) in [6.45, 7) is 5.13. The SMILES string of the molecule is CCOc1cccc(C(=O)Nc2ccccc2C(=O)N2CCN(C(c3ccccc3)c3ccccc3)CC2)c1. The number of hydrogen-bond donors (Lipinski definition) is 1. The molecule has 1 heterocycles. The maximum absolute atomic E-state index is 13.6. The topological polar surface area (TPSA) is 61.9 Å².